The van der Waals surface area contributed by atoms with Crippen LogP contribution >= 0.6 is 11.3 Å². The second-order valence-electron chi connectivity index (χ2n) is 4.60. The number of oxazole rings is 1. The highest BCUT2D eigenvalue weighted by molar-refractivity contribution is 7.84. The van der Waals surface area contributed by atoms with E-state index >= 15 is 0 Å². The smallest absolute Gasteiger partial charge is 0.207 e. The monoisotopic (exact) mass is 349 g/mol. The summed E-state index contributed by atoms with van der Waals surface area (Å²) in [5.41, 5.74) is 0. The fourth-order valence-electron chi connectivity index (χ4n) is 2.06. The quantitative estimate of drug-likeness (QED) is 0.678. The summed E-state index contributed by atoms with van der Waals surface area (Å²) in [6.07, 6.45) is 1.66. The zero-order valence-electron chi connectivity index (χ0n) is 12.6. The predicted molar refractivity (Wildman–Crippen MR) is 89.5 cm³/mol. The molecule has 1 unspecified atom stereocenters. The Morgan fingerprint density at radius 1 is 1.22 bits per heavy atom. The van der Waals surface area contributed by atoms with Crippen LogP contribution in [0.2, 0.25) is 0 Å². The van der Waals surface area contributed by atoms with E-state index in [2.05, 4.69) is 4.98 Å². The van der Waals surface area contributed by atoms with Crippen LogP contribution < -0.4 is 9.47 Å². The summed E-state index contributed by atoms with van der Waals surface area (Å²) in [5, 5.41) is 1.97. The molecule has 23 heavy (non-hydrogen) atoms. The van der Waals surface area contributed by atoms with Crippen LogP contribution in [0.25, 0.3) is 10.6 Å². The van der Waals surface area contributed by atoms with Crippen LogP contribution in [0.4, 0.5) is 0 Å². The third-order valence-corrected chi connectivity index (χ3v) is 5.36. The Balaban J connectivity index is 1.77. The van der Waals surface area contributed by atoms with E-state index in [1.165, 1.54) is 0 Å². The van der Waals surface area contributed by atoms with Crippen molar-refractivity contribution in [2.45, 2.75) is 10.6 Å². The van der Waals surface area contributed by atoms with E-state index in [1.54, 1.807) is 50.0 Å². The molecule has 0 saturated heterocycles. The fraction of sp³-hybridized carbons (Fsp3) is 0.188. The first-order valence-corrected chi connectivity index (χ1v) is 9.00. The van der Waals surface area contributed by atoms with Crippen LogP contribution in [0.3, 0.4) is 0 Å². The molecule has 0 fully saturated rings. The summed E-state index contributed by atoms with van der Waals surface area (Å²) in [6.45, 7) is 0. The number of aromatic nitrogens is 1. The maximum absolute atomic E-state index is 12.5. The molecule has 0 aliphatic rings. The molecule has 0 amide bonds. The Morgan fingerprint density at radius 2 is 2.04 bits per heavy atom. The molecule has 5 nitrogen and oxygen atoms in total. The number of rotatable bonds is 6. The highest BCUT2D eigenvalue weighted by atomic mass is 32.2. The molecule has 1 aromatic carbocycles. The van der Waals surface area contributed by atoms with Gasteiger partial charge in [0.2, 0.25) is 5.89 Å². The van der Waals surface area contributed by atoms with E-state index in [4.69, 9.17) is 13.9 Å². The molecule has 2 heterocycles. The van der Waals surface area contributed by atoms with Gasteiger partial charge in [-0.1, -0.05) is 6.07 Å². The Kier molecular flexibility index (Phi) is 4.78. The van der Waals surface area contributed by atoms with Crippen LogP contribution in [-0.2, 0) is 16.6 Å². The molecule has 3 rings (SSSR count). The van der Waals surface area contributed by atoms with Crippen LogP contribution in [-0.4, -0.2) is 23.4 Å². The summed E-state index contributed by atoms with van der Waals surface area (Å²) < 4.78 is 28.6. The summed E-state index contributed by atoms with van der Waals surface area (Å²) in [7, 11) is 1.83. The highest BCUT2D eigenvalue weighted by Gasteiger charge is 2.14. The van der Waals surface area contributed by atoms with Crippen molar-refractivity contribution in [3.63, 3.8) is 0 Å². The van der Waals surface area contributed by atoms with Gasteiger partial charge in [-0.15, -0.1) is 11.3 Å². The van der Waals surface area contributed by atoms with Gasteiger partial charge in [0.15, 0.2) is 17.3 Å². The lowest BCUT2D eigenvalue weighted by atomic mass is 10.3. The Morgan fingerprint density at radius 3 is 2.74 bits per heavy atom. The number of benzene rings is 1. The van der Waals surface area contributed by atoms with E-state index in [1.807, 2.05) is 17.5 Å². The molecule has 0 saturated carbocycles. The molecular weight excluding hydrogens is 334 g/mol. The summed E-state index contributed by atoms with van der Waals surface area (Å²) in [5.74, 6) is 2.50. The molecule has 3 aromatic rings. The lowest BCUT2D eigenvalue weighted by Gasteiger charge is -2.08. The Labute approximate surface area is 140 Å². The van der Waals surface area contributed by atoms with E-state index in [0.29, 0.717) is 28.0 Å². The normalized spacial score (nSPS) is 12.1. The minimum atomic E-state index is -1.28. The van der Waals surface area contributed by atoms with Crippen LogP contribution in [0.5, 0.6) is 11.5 Å². The van der Waals surface area contributed by atoms with Crippen LogP contribution in [0.15, 0.2) is 51.2 Å². The van der Waals surface area contributed by atoms with Gasteiger partial charge in [-0.3, -0.25) is 4.21 Å². The number of nitrogens with zero attached hydrogens (tertiary/aromatic N) is 1. The molecule has 120 valence electrons. The van der Waals surface area contributed by atoms with Gasteiger partial charge >= 0.3 is 0 Å². The molecule has 1 atom stereocenters. The molecule has 0 spiro atoms. The number of hydrogen-bond acceptors (Lipinski definition) is 6. The average molecular weight is 349 g/mol. The summed E-state index contributed by atoms with van der Waals surface area (Å²) >= 11 is 1.57. The lowest BCUT2D eigenvalue weighted by Crippen LogP contribution is -1.98. The first-order chi connectivity index (χ1) is 11.2. The van der Waals surface area contributed by atoms with Crippen LogP contribution in [0.1, 0.15) is 5.89 Å². The molecular formula is C16H15NO4S2. The summed E-state index contributed by atoms with van der Waals surface area (Å²) in [4.78, 5) is 5.84. The molecule has 0 aliphatic heterocycles. The lowest BCUT2D eigenvalue weighted by molar-refractivity contribution is 0.354. The van der Waals surface area contributed by atoms with Gasteiger partial charge in [-0.25, -0.2) is 4.98 Å². The number of ether oxygens (including phenoxy) is 2. The van der Waals surface area contributed by atoms with Gasteiger partial charge < -0.3 is 13.9 Å². The maximum atomic E-state index is 12.5. The minimum Gasteiger partial charge on any atom is -0.493 e. The van der Waals surface area contributed by atoms with Gasteiger partial charge in [0.1, 0.15) is 5.75 Å². The second kappa shape index (κ2) is 6.97. The van der Waals surface area contributed by atoms with Crippen LogP contribution in [0, 0.1) is 0 Å². The largest absolute Gasteiger partial charge is 0.493 e. The van der Waals surface area contributed by atoms with E-state index in [9.17, 15) is 4.21 Å². The SMILES string of the molecule is COc1ccc(S(=O)Cc2ncc(-c3cccs3)o2)cc1OC. The predicted octanol–water partition coefficient (Wildman–Crippen LogP) is 3.73. The summed E-state index contributed by atoms with van der Waals surface area (Å²) in [6, 6.07) is 9.10. The molecule has 0 radical (unpaired) electrons. The topological polar surface area (TPSA) is 61.6 Å². The first kappa shape index (κ1) is 15.8. The molecule has 7 heteroatoms. The van der Waals surface area contributed by atoms with Gasteiger partial charge in [-0.05, 0) is 23.6 Å². The number of methoxy groups -OCH3 is 2. The van der Waals surface area contributed by atoms with E-state index < -0.39 is 10.8 Å². The van der Waals surface area contributed by atoms with E-state index in [0.717, 1.165) is 4.88 Å². The average Bonchev–Trinajstić information content (AvgIpc) is 3.25. The van der Waals surface area contributed by atoms with Crippen molar-refractivity contribution < 1.29 is 18.1 Å². The number of hydrogen-bond donors (Lipinski definition) is 0. The zero-order chi connectivity index (χ0) is 16.2. The van der Waals surface area contributed by atoms with Crippen molar-refractivity contribution in [3.05, 3.63) is 47.8 Å². The van der Waals surface area contributed by atoms with Gasteiger partial charge in [0, 0.05) is 11.0 Å². The minimum absolute atomic E-state index is 0.209. The van der Waals surface area contributed by atoms with Gasteiger partial charge in [0.05, 0.1) is 36.1 Å². The molecule has 2 aromatic heterocycles. The maximum Gasteiger partial charge on any atom is 0.207 e. The highest BCUT2D eigenvalue weighted by Crippen LogP contribution is 2.30. The fourth-order valence-corrected chi connectivity index (χ4v) is 3.72. The number of thiophene rings is 1. The second-order valence-corrected chi connectivity index (χ2v) is 7.00. The molecule has 0 bridgehead atoms. The Hall–Kier alpha value is -2.12. The zero-order valence-corrected chi connectivity index (χ0v) is 14.3. The van der Waals surface area contributed by atoms with Crippen molar-refractivity contribution in [2.75, 3.05) is 14.2 Å². The van der Waals surface area contributed by atoms with Gasteiger partial charge in [-0.2, -0.15) is 0 Å². The van der Waals surface area contributed by atoms with Gasteiger partial charge in [0.25, 0.3) is 0 Å². The Bertz CT molecular complexity index is 811. The third kappa shape index (κ3) is 3.46. The van der Waals surface area contributed by atoms with Crippen molar-refractivity contribution in [1.82, 2.24) is 4.98 Å². The first-order valence-electron chi connectivity index (χ1n) is 6.80. The van der Waals surface area contributed by atoms with Crippen molar-refractivity contribution >= 4 is 22.1 Å². The third-order valence-electron chi connectivity index (χ3n) is 3.19. The standard InChI is InChI=1S/C16H15NO4S2/c1-19-12-6-5-11(8-13(12)20-2)23(18)10-16-17-9-14(21-16)15-4-3-7-22-15/h3-9H,10H2,1-2H3. The molecule has 0 N–H and O–H groups in total. The van der Waals surface area contributed by atoms with Crippen molar-refractivity contribution in [2.24, 2.45) is 0 Å². The van der Waals surface area contributed by atoms with Crippen molar-refractivity contribution in [3.8, 4) is 22.1 Å². The van der Waals surface area contributed by atoms with Crippen molar-refractivity contribution in [1.29, 1.82) is 0 Å². The molecule has 0 aliphatic carbocycles. The van der Waals surface area contributed by atoms with E-state index in [-0.39, 0.29) is 5.75 Å².